The van der Waals surface area contributed by atoms with Crippen LogP contribution in [0, 0.1) is 0 Å². The van der Waals surface area contributed by atoms with Crippen molar-refractivity contribution in [3.05, 3.63) is 0 Å². The van der Waals surface area contributed by atoms with Gasteiger partial charge in [-0.2, -0.15) is 0 Å². The molecule has 2 aliphatic heterocycles. The Morgan fingerprint density at radius 3 is 1.82 bits per heavy atom. The SMILES string of the molecule is CC.COC.COC1OCC(CSSCC2COC(C)O2)O1. The molecule has 22 heavy (non-hydrogen) atoms. The third-order valence-corrected chi connectivity index (χ3v) is 4.91. The molecule has 0 saturated carbocycles. The molecule has 2 rings (SSSR count). The van der Waals surface area contributed by atoms with E-state index in [2.05, 4.69) is 4.74 Å². The normalized spacial score (nSPS) is 30.3. The van der Waals surface area contributed by atoms with Crippen molar-refractivity contribution in [1.82, 2.24) is 0 Å². The van der Waals surface area contributed by atoms with E-state index in [4.69, 9.17) is 23.7 Å². The van der Waals surface area contributed by atoms with Crippen LogP contribution in [0.5, 0.6) is 0 Å². The maximum absolute atomic E-state index is 5.54. The lowest BCUT2D eigenvalue weighted by molar-refractivity contribution is -0.221. The summed E-state index contributed by atoms with van der Waals surface area (Å²) in [6.45, 7) is 6.74. The van der Waals surface area contributed by atoms with Gasteiger partial charge in [0, 0.05) is 32.8 Å². The van der Waals surface area contributed by atoms with Gasteiger partial charge in [0.2, 0.25) is 0 Å². The fourth-order valence-corrected chi connectivity index (χ4v) is 3.89. The van der Waals surface area contributed by atoms with Crippen LogP contribution in [0.25, 0.3) is 0 Å². The molecule has 4 unspecified atom stereocenters. The zero-order valence-electron chi connectivity index (χ0n) is 14.4. The highest BCUT2D eigenvalue weighted by Gasteiger charge is 2.26. The highest BCUT2D eigenvalue weighted by Crippen LogP contribution is 2.28. The monoisotopic (exact) mass is 358 g/mol. The summed E-state index contributed by atoms with van der Waals surface area (Å²) in [6, 6.07) is 0. The van der Waals surface area contributed by atoms with Crippen LogP contribution >= 0.6 is 21.6 Å². The summed E-state index contributed by atoms with van der Waals surface area (Å²) in [5, 5.41) is 0. The molecule has 2 fully saturated rings. The Bertz CT molecular complexity index is 247. The minimum Gasteiger partial charge on any atom is -0.388 e. The summed E-state index contributed by atoms with van der Waals surface area (Å²) in [6.07, 6.45) is 0.284. The summed E-state index contributed by atoms with van der Waals surface area (Å²) in [5.41, 5.74) is 0. The fraction of sp³-hybridized carbons (Fsp3) is 1.00. The van der Waals surface area contributed by atoms with Crippen molar-refractivity contribution in [2.24, 2.45) is 0 Å². The molecule has 0 aromatic carbocycles. The first-order valence-corrected chi connectivity index (χ1v) is 9.89. The number of rotatable bonds is 6. The Balaban J connectivity index is 0.000000789. The summed E-state index contributed by atoms with van der Waals surface area (Å²) in [4.78, 5) is 0. The van der Waals surface area contributed by atoms with Gasteiger partial charge in [-0.25, -0.2) is 0 Å². The quantitative estimate of drug-likeness (QED) is 0.531. The average molecular weight is 359 g/mol. The second-order valence-electron chi connectivity index (χ2n) is 4.25. The predicted molar refractivity (Wildman–Crippen MR) is 91.1 cm³/mol. The summed E-state index contributed by atoms with van der Waals surface area (Å²) < 4.78 is 30.8. The minimum atomic E-state index is -0.488. The average Bonchev–Trinajstić information content (AvgIpc) is 3.15. The van der Waals surface area contributed by atoms with Crippen LogP contribution in [0.15, 0.2) is 0 Å². The van der Waals surface area contributed by atoms with Crippen LogP contribution in [0.2, 0.25) is 0 Å². The second kappa shape index (κ2) is 15.0. The van der Waals surface area contributed by atoms with Gasteiger partial charge in [0.15, 0.2) is 6.29 Å². The van der Waals surface area contributed by atoms with Gasteiger partial charge in [-0.3, -0.25) is 0 Å². The van der Waals surface area contributed by atoms with E-state index in [1.807, 2.05) is 20.8 Å². The highest BCUT2D eigenvalue weighted by molar-refractivity contribution is 8.76. The Morgan fingerprint density at radius 1 is 0.909 bits per heavy atom. The van der Waals surface area contributed by atoms with Crippen molar-refractivity contribution in [3.63, 3.8) is 0 Å². The third kappa shape index (κ3) is 10.3. The van der Waals surface area contributed by atoms with Gasteiger partial charge >= 0.3 is 0 Å². The summed E-state index contributed by atoms with van der Waals surface area (Å²) >= 11 is 0. The zero-order valence-corrected chi connectivity index (χ0v) is 16.0. The van der Waals surface area contributed by atoms with Gasteiger partial charge < -0.3 is 28.4 Å². The molecule has 0 spiro atoms. The lowest BCUT2D eigenvalue weighted by atomic mass is 10.4. The molecule has 0 bridgehead atoms. The molecule has 6 nitrogen and oxygen atoms in total. The van der Waals surface area contributed by atoms with E-state index >= 15 is 0 Å². The van der Waals surface area contributed by atoms with E-state index in [0.29, 0.717) is 13.2 Å². The van der Waals surface area contributed by atoms with Gasteiger partial charge in [0.05, 0.1) is 25.4 Å². The zero-order chi connectivity index (χ0) is 16.8. The van der Waals surface area contributed by atoms with Crippen molar-refractivity contribution in [1.29, 1.82) is 0 Å². The second-order valence-corrected chi connectivity index (χ2v) is 6.80. The molecule has 8 heteroatoms. The number of methoxy groups -OCH3 is 2. The maximum Gasteiger partial charge on any atom is 0.271 e. The lowest BCUT2D eigenvalue weighted by Gasteiger charge is -2.10. The van der Waals surface area contributed by atoms with E-state index in [1.54, 1.807) is 42.9 Å². The van der Waals surface area contributed by atoms with Crippen LogP contribution in [0.3, 0.4) is 0 Å². The molecule has 0 aromatic heterocycles. The standard InChI is InChI=1S/C10H18O5S2.C2H6O.C2H6/c1-7-12-3-8(14-7)5-16-17-6-9-4-13-10(11-2)15-9;1-3-2;1-2/h7-10H,3-6H2,1-2H3;1-2H3;1-2H3. The van der Waals surface area contributed by atoms with Crippen molar-refractivity contribution < 1.29 is 28.4 Å². The molecule has 2 saturated heterocycles. The summed E-state index contributed by atoms with van der Waals surface area (Å²) in [7, 11) is 8.38. The molecule has 0 radical (unpaired) electrons. The van der Waals surface area contributed by atoms with Crippen LogP contribution in [0.1, 0.15) is 20.8 Å². The van der Waals surface area contributed by atoms with Gasteiger partial charge in [0.25, 0.3) is 6.48 Å². The first-order chi connectivity index (χ1) is 10.7. The molecule has 0 amide bonds. The minimum absolute atomic E-state index is 0.0559. The van der Waals surface area contributed by atoms with Crippen LogP contribution in [-0.4, -0.2) is 71.0 Å². The highest BCUT2D eigenvalue weighted by atomic mass is 33.1. The molecule has 2 heterocycles. The van der Waals surface area contributed by atoms with E-state index in [1.165, 1.54) is 0 Å². The van der Waals surface area contributed by atoms with Crippen molar-refractivity contribution >= 4 is 21.6 Å². The van der Waals surface area contributed by atoms with E-state index in [-0.39, 0.29) is 18.5 Å². The van der Waals surface area contributed by atoms with Gasteiger partial charge in [-0.1, -0.05) is 35.4 Å². The van der Waals surface area contributed by atoms with Crippen LogP contribution < -0.4 is 0 Å². The van der Waals surface area contributed by atoms with E-state index in [0.717, 1.165) is 11.5 Å². The van der Waals surface area contributed by atoms with Gasteiger partial charge in [-0.05, 0) is 6.92 Å². The molecule has 2 aliphatic rings. The van der Waals surface area contributed by atoms with Crippen LogP contribution in [0.4, 0.5) is 0 Å². The lowest BCUT2D eigenvalue weighted by Crippen LogP contribution is -2.16. The number of hydrogen-bond acceptors (Lipinski definition) is 8. The molecule has 0 aliphatic carbocycles. The first kappa shape index (κ1) is 22.5. The largest absolute Gasteiger partial charge is 0.388 e. The molecule has 4 atom stereocenters. The van der Waals surface area contributed by atoms with Gasteiger partial charge in [0.1, 0.15) is 0 Å². The first-order valence-electron chi connectivity index (χ1n) is 7.41. The third-order valence-electron chi connectivity index (χ3n) is 2.41. The van der Waals surface area contributed by atoms with Crippen molar-refractivity contribution in [2.45, 2.75) is 45.7 Å². The Labute approximate surface area is 142 Å². The fourth-order valence-electron chi connectivity index (χ4n) is 1.56. The number of hydrogen-bond donors (Lipinski definition) is 0. The van der Waals surface area contributed by atoms with Crippen LogP contribution in [-0.2, 0) is 28.4 Å². The van der Waals surface area contributed by atoms with Crippen molar-refractivity contribution in [3.8, 4) is 0 Å². The summed E-state index contributed by atoms with van der Waals surface area (Å²) in [5.74, 6) is 1.84. The Kier molecular flexibility index (Phi) is 15.3. The topological polar surface area (TPSA) is 55.4 Å². The molecule has 134 valence electrons. The molecule has 0 aromatic rings. The van der Waals surface area contributed by atoms with Gasteiger partial charge in [-0.15, -0.1) is 0 Å². The number of ether oxygens (including phenoxy) is 6. The Morgan fingerprint density at radius 2 is 1.41 bits per heavy atom. The maximum atomic E-state index is 5.54. The molecular weight excluding hydrogens is 328 g/mol. The molecular formula is C14H30O6S2. The van der Waals surface area contributed by atoms with E-state index < -0.39 is 6.48 Å². The molecule has 0 N–H and O–H groups in total. The van der Waals surface area contributed by atoms with Crippen molar-refractivity contribution in [2.75, 3.05) is 46.0 Å². The van der Waals surface area contributed by atoms with E-state index in [9.17, 15) is 0 Å². The predicted octanol–water partition coefficient (Wildman–Crippen LogP) is 2.76. The Hall–Kier alpha value is 0.460. The smallest absolute Gasteiger partial charge is 0.271 e.